The minimum Gasteiger partial charge on any atom is -0.381 e. The summed E-state index contributed by atoms with van der Waals surface area (Å²) in [5, 5.41) is 3.75. The lowest BCUT2D eigenvalue weighted by atomic mass is 10.1. The van der Waals surface area contributed by atoms with Crippen molar-refractivity contribution in [1.29, 1.82) is 0 Å². The van der Waals surface area contributed by atoms with Crippen molar-refractivity contribution in [3.8, 4) is 0 Å². The summed E-state index contributed by atoms with van der Waals surface area (Å²) in [6.07, 6.45) is 4.04. The SMILES string of the molecule is CCN(CC)c1ccc(NC2CCN3CCCC23)cc1. The lowest BCUT2D eigenvalue weighted by Crippen LogP contribution is -2.33. The predicted octanol–water partition coefficient (Wildman–Crippen LogP) is 3.18. The van der Waals surface area contributed by atoms with E-state index in [2.05, 4.69) is 53.2 Å². The Morgan fingerprint density at radius 1 is 1.10 bits per heavy atom. The van der Waals surface area contributed by atoms with Crippen LogP contribution in [0.5, 0.6) is 0 Å². The summed E-state index contributed by atoms with van der Waals surface area (Å²) in [5.41, 5.74) is 2.61. The maximum atomic E-state index is 3.75. The van der Waals surface area contributed by atoms with Crippen LogP contribution in [0.4, 0.5) is 11.4 Å². The molecule has 0 saturated carbocycles. The van der Waals surface area contributed by atoms with E-state index in [4.69, 9.17) is 0 Å². The highest BCUT2D eigenvalue weighted by atomic mass is 15.2. The third kappa shape index (κ3) is 2.64. The average Bonchev–Trinajstić information content (AvgIpc) is 3.07. The van der Waals surface area contributed by atoms with Gasteiger partial charge in [0.25, 0.3) is 0 Å². The highest BCUT2D eigenvalue weighted by molar-refractivity contribution is 5.55. The third-order valence-electron chi connectivity index (χ3n) is 4.95. The molecule has 1 N–H and O–H groups in total. The van der Waals surface area contributed by atoms with Crippen molar-refractivity contribution in [2.24, 2.45) is 0 Å². The Morgan fingerprint density at radius 2 is 1.85 bits per heavy atom. The molecule has 0 radical (unpaired) electrons. The van der Waals surface area contributed by atoms with Gasteiger partial charge in [-0.25, -0.2) is 0 Å². The fourth-order valence-electron chi connectivity index (χ4n) is 3.82. The minimum atomic E-state index is 0.650. The molecule has 2 aliphatic rings. The minimum absolute atomic E-state index is 0.650. The molecule has 110 valence electrons. The van der Waals surface area contributed by atoms with Gasteiger partial charge >= 0.3 is 0 Å². The smallest absolute Gasteiger partial charge is 0.0429 e. The third-order valence-corrected chi connectivity index (χ3v) is 4.95. The molecular formula is C17H27N3. The Kier molecular flexibility index (Phi) is 4.16. The number of hydrogen-bond donors (Lipinski definition) is 1. The lowest BCUT2D eigenvalue weighted by Gasteiger charge is -2.24. The van der Waals surface area contributed by atoms with Gasteiger partial charge < -0.3 is 10.2 Å². The molecule has 20 heavy (non-hydrogen) atoms. The monoisotopic (exact) mass is 273 g/mol. The zero-order valence-electron chi connectivity index (χ0n) is 12.8. The average molecular weight is 273 g/mol. The van der Waals surface area contributed by atoms with Gasteiger partial charge in [-0.1, -0.05) is 0 Å². The van der Waals surface area contributed by atoms with Gasteiger partial charge in [0.05, 0.1) is 0 Å². The molecule has 3 rings (SSSR count). The van der Waals surface area contributed by atoms with E-state index < -0.39 is 0 Å². The normalized spacial score (nSPS) is 25.7. The van der Waals surface area contributed by atoms with E-state index >= 15 is 0 Å². The lowest BCUT2D eigenvalue weighted by molar-refractivity contribution is 0.318. The van der Waals surface area contributed by atoms with Crippen LogP contribution >= 0.6 is 0 Å². The van der Waals surface area contributed by atoms with Crippen molar-refractivity contribution >= 4 is 11.4 Å². The molecule has 1 aromatic carbocycles. The molecule has 2 fully saturated rings. The molecule has 0 amide bonds. The van der Waals surface area contributed by atoms with Crippen LogP contribution in [0.25, 0.3) is 0 Å². The fourth-order valence-corrected chi connectivity index (χ4v) is 3.82. The van der Waals surface area contributed by atoms with Crippen molar-refractivity contribution in [2.45, 2.75) is 45.2 Å². The standard InChI is InChI=1S/C17H27N3/c1-3-19(4-2)15-9-7-14(8-10-15)18-16-11-13-20-12-5-6-17(16)20/h7-10,16-18H,3-6,11-13H2,1-2H3. The van der Waals surface area contributed by atoms with Crippen molar-refractivity contribution < 1.29 is 0 Å². The summed E-state index contributed by atoms with van der Waals surface area (Å²) < 4.78 is 0. The largest absolute Gasteiger partial charge is 0.381 e. The van der Waals surface area contributed by atoms with Crippen LogP contribution in [0.2, 0.25) is 0 Å². The van der Waals surface area contributed by atoms with Crippen LogP contribution in [0.3, 0.4) is 0 Å². The molecule has 2 saturated heterocycles. The Morgan fingerprint density at radius 3 is 2.55 bits per heavy atom. The van der Waals surface area contributed by atoms with Gasteiger partial charge in [-0.15, -0.1) is 0 Å². The molecule has 3 heteroatoms. The molecule has 2 heterocycles. The number of nitrogens with zero attached hydrogens (tertiary/aromatic N) is 2. The van der Waals surface area contributed by atoms with Crippen molar-refractivity contribution in [3.63, 3.8) is 0 Å². The maximum absolute atomic E-state index is 3.75. The van der Waals surface area contributed by atoms with E-state index in [1.807, 2.05) is 0 Å². The number of anilines is 2. The number of benzene rings is 1. The first-order valence-electron chi connectivity index (χ1n) is 8.17. The van der Waals surface area contributed by atoms with Crippen LogP contribution in [-0.2, 0) is 0 Å². The van der Waals surface area contributed by atoms with E-state index in [1.165, 1.54) is 43.7 Å². The van der Waals surface area contributed by atoms with E-state index in [0.29, 0.717) is 6.04 Å². The summed E-state index contributed by atoms with van der Waals surface area (Å²) in [4.78, 5) is 5.04. The van der Waals surface area contributed by atoms with Crippen molar-refractivity contribution in [2.75, 3.05) is 36.4 Å². The highest BCUT2D eigenvalue weighted by Crippen LogP contribution is 2.30. The number of rotatable bonds is 5. The van der Waals surface area contributed by atoms with Crippen LogP contribution in [0.15, 0.2) is 24.3 Å². The Balaban J connectivity index is 1.63. The van der Waals surface area contributed by atoms with Gasteiger partial charge in [-0.3, -0.25) is 4.90 Å². The molecule has 0 aromatic heterocycles. The topological polar surface area (TPSA) is 18.5 Å². The zero-order valence-corrected chi connectivity index (χ0v) is 12.8. The predicted molar refractivity (Wildman–Crippen MR) is 86.6 cm³/mol. The highest BCUT2D eigenvalue weighted by Gasteiger charge is 2.36. The number of hydrogen-bond acceptors (Lipinski definition) is 3. The molecule has 1 aromatic rings. The molecular weight excluding hydrogens is 246 g/mol. The Bertz CT molecular complexity index is 424. The van der Waals surface area contributed by atoms with Gasteiger partial charge in [0.2, 0.25) is 0 Å². The van der Waals surface area contributed by atoms with Gasteiger partial charge in [-0.2, -0.15) is 0 Å². The van der Waals surface area contributed by atoms with Gasteiger partial charge in [-0.05, 0) is 63.9 Å². The van der Waals surface area contributed by atoms with Crippen LogP contribution < -0.4 is 10.2 Å². The fraction of sp³-hybridized carbons (Fsp3) is 0.647. The van der Waals surface area contributed by atoms with Gasteiger partial charge in [0.15, 0.2) is 0 Å². The van der Waals surface area contributed by atoms with Crippen LogP contribution in [0.1, 0.15) is 33.1 Å². The summed E-state index contributed by atoms with van der Waals surface area (Å²) in [5.74, 6) is 0. The second-order valence-electron chi connectivity index (χ2n) is 6.00. The summed E-state index contributed by atoms with van der Waals surface area (Å²) >= 11 is 0. The summed E-state index contributed by atoms with van der Waals surface area (Å²) in [6.45, 7) is 9.15. The quantitative estimate of drug-likeness (QED) is 0.889. The molecule has 0 spiro atoms. The molecule has 0 bridgehead atoms. The second kappa shape index (κ2) is 6.04. The molecule has 2 atom stereocenters. The molecule has 2 aliphatic heterocycles. The number of nitrogens with one attached hydrogen (secondary N) is 1. The Labute approximate surface area is 123 Å². The van der Waals surface area contributed by atoms with E-state index in [9.17, 15) is 0 Å². The summed E-state index contributed by atoms with van der Waals surface area (Å²) in [7, 11) is 0. The molecule has 3 nitrogen and oxygen atoms in total. The Hall–Kier alpha value is -1.22. The summed E-state index contributed by atoms with van der Waals surface area (Å²) in [6, 6.07) is 10.4. The van der Waals surface area contributed by atoms with Crippen molar-refractivity contribution in [1.82, 2.24) is 4.90 Å². The first-order valence-corrected chi connectivity index (χ1v) is 8.17. The second-order valence-corrected chi connectivity index (χ2v) is 6.00. The van der Waals surface area contributed by atoms with Crippen LogP contribution in [-0.4, -0.2) is 43.2 Å². The first kappa shape index (κ1) is 13.7. The van der Waals surface area contributed by atoms with Gasteiger partial charge in [0, 0.05) is 43.1 Å². The van der Waals surface area contributed by atoms with Crippen LogP contribution in [0, 0.1) is 0 Å². The van der Waals surface area contributed by atoms with Crippen molar-refractivity contribution in [3.05, 3.63) is 24.3 Å². The van der Waals surface area contributed by atoms with E-state index in [0.717, 1.165) is 19.1 Å². The maximum Gasteiger partial charge on any atom is 0.0429 e. The first-order chi connectivity index (χ1) is 9.81. The number of fused-ring (bicyclic) bond motifs is 1. The van der Waals surface area contributed by atoms with E-state index in [-0.39, 0.29) is 0 Å². The molecule has 0 aliphatic carbocycles. The zero-order chi connectivity index (χ0) is 13.9. The molecule has 2 unspecified atom stereocenters. The van der Waals surface area contributed by atoms with Gasteiger partial charge in [0.1, 0.15) is 0 Å². The van der Waals surface area contributed by atoms with E-state index in [1.54, 1.807) is 0 Å².